The summed E-state index contributed by atoms with van der Waals surface area (Å²) in [6.45, 7) is 2.73. The van der Waals surface area contributed by atoms with Crippen molar-refractivity contribution >= 4 is 11.0 Å². The largest absolute Gasteiger partial charge is 0.341 e. The Labute approximate surface area is 152 Å². The molecule has 0 radical (unpaired) electrons. The van der Waals surface area contributed by atoms with Gasteiger partial charge in [-0.15, -0.1) is 0 Å². The number of halogens is 1. The number of hydrogen-bond acceptors (Lipinski definition) is 4. The van der Waals surface area contributed by atoms with E-state index in [1.165, 1.54) is 11.6 Å². The molecule has 1 aliphatic heterocycles. The Morgan fingerprint density at radius 1 is 1.31 bits per heavy atom. The molecule has 0 aliphatic carbocycles. The van der Waals surface area contributed by atoms with Crippen LogP contribution in [-0.4, -0.2) is 51.9 Å². The summed E-state index contributed by atoms with van der Waals surface area (Å²) in [7, 11) is 4.28. The van der Waals surface area contributed by atoms with Crippen LogP contribution in [0.1, 0.15) is 23.9 Å². The van der Waals surface area contributed by atoms with E-state index in [4.69, 9.17) is 0 Å². The van der Waals surface area contributed by atoms with Gasteiger partial charge in [0.1, 0.15) is 11.3 Å². The van der Waals surface area contributed by atoms with Crippen LogP contribution in [0.15, 0.2) is 42.7 Å². The number of likely N-dealkylation sites (tertiary alicyclic amines) is 1. The van der Waals surface area contributed by atoms with Crippen LogP contribution < -0.4 is 0 Å². The lowest BCUT2D eigenvalue weighted by molar-refractivity contribution is 0.211. The maximum Gasteiger partial charge on any atom is 0.151 e. The summed E-state index contributed by atoms with van der Waals surface area (Å²) in [6, 6.07) is 9.57. The first-order valence-electron chi connectivity index (χ1n) is 9.03. The molecular formula is C20H24FN5. The molecule has 1 saturated heterocycles. The third-order valence-corrected chi connectivity index (χ3v) is 5.28. The zero-order valence-corrected chi connectivity index (χ0v) is 15.2. The molecule has 0 amide bonds. The lowest BCUT2D eigenvalue weighted by Gasteiger charge is -2.28. The van der Waals surface area contributed by atoms with Crippen LogP contribution in [0.5, 0.6) is 0 Å². The number of pyridine rings is 1. The van der Waals surface area contributed by atoms with E-state index in [9.17, 15) is 4.39 Å². The normalized spacial score (nSPS) is 21.1. The van der Waals surface area contributed by atoms with Gasteiger partial charge in [0.15, 0.2) is 5.82 Å². The Morgan fingerprint density at radius 2 is 2.19 bits per heavy atom. The summed E-state index contributed by atoms with van der Waals surface area (Å²) in [5.41, 5.74) is 2.45. The van der Waals surface area contributed by atoms with Crippen LogP contribution in [0.4, 0.5) is 4.39 Å². The first-order valence-corrected chi connectivity index (χ1v) is 9.03. The first-order chi connectivity index (χ1) is 12.6. The standard InChI is InChI=1S/C20H24FN5/c1-25(13-18-23-17-7-3-6-16(21)19(17)24-18)12-15-8-10-26(2)20(15)14-5-4-9-22-11-14/h3-7,9,11,15,20H,8,10,12-13H2,1-2H3,(H,23,24)/t15-,20-/m0/s1. The average Bonchev–Trinajstić information content (AvgIpc) is 3.20. The lowest BCUT2D eigenvalue weighted by Crippen LogP contribution is -2.30. The number of fused-ring (bicyclic) bond motifs is 1. The molecule has 136 valence electrons. The molecule has 0 saturated carbocycles. The molecule has 2 aromatic heterocycles. The molecule has 3 heterocycles. The monoisotopic (exact) mass is 353 g/mol. The van der Waals surface area contributed by atoms with Crippen molar-refractivity contribution in [3.05, 3.63) is 59.9 Å². The molecule has 1 aromatic carbocycles. The molecule has 6 heteroatoms. The van der Waals surface area contributed by atoms with E-state index in [1.54, 1.807) is 6.07 Å². The quantitative estimate of drug-likeness (QED) is 0.765. The highest BCUT2D eigenvalue weighted by molar-refractivity contribution is 5.75. The van der Waals surface area contributed by atoms with E-state index in [0.29, 0.717) is 24.0 Å². The molecule has 1 fully saturated rings. The van der Waals surface area contributed by atoms with Gasteiger partial charge in [-0.2, -0.15) is 0 Å². The molecule has 2 atom stereocenters. The van der Waals surface area contributed by atoms with Crippen molar-refractivity contribution in [1.29, 1.82) is 0 Å². The second-order valence-corrected chi connectivity index (χ2v) is 7.28. The number of nitrogens with one attached hydrogen (secondary N) is 1. The number of rotatable bonds is 5. The third-order valence-electron chi connectivity index (χ3n) is 5.28. The van der Waals surface area contributed by atoms with Gasteiger partial charge in [-0.3, -0.25) is 14.8 Å². The van der Waals surface area contributed by atoms with Crippen LogP contribution in [-0.2, 0) is 6.54 Å². The molecule has 26 heavy (non-hydrogen) atoms. The fraction of sp³-hybridized carbons (Fsp3) is 0.400. The molecule has 0 bridgehead atoms. The smallest absolute Gasteiger partial charge is 0.151 e. The minimum atomic E-state index is -0.276. The van der Waals surface area contributed by atoms with Gasteiger partial charge in [-0.25, -0.2) is 9.37 Å². The van der Waals surface area contributed by atoms with Crippen molar-refractivity contribution in [2.24, 2.45) is 5.92 Å². The summed E-state index contributed by atoms with van der Waals surface area (Å²) in [6.07, 6.45) is 4.96. The van der Waals surface area contributed by atoms with Gasteiger partial charge in [0.2, 0.25) is 0 Å². The second kappa shape index (κ2) is 7.13. The highest BCUT2D eigenvalue weighted by atomic mass is 19.1. The van der Waals surface area contributed by atoms with Gasteiger partial charge >= 0.3 is 0 Å². The van der Waals surface area contributed by atoms with E-state index in [-0.39, 0.29) is 5.82 Å². The Bertz CT molecular complexity index is 878. The molecule has 0 unspecified atom stereocenters. The Kier molecular flexibility index (Phi) is 4.70. The van der Waals surface area contributed by atoms with Crippen LogP contribution >= 0.6 is 0 Å². The van der Waals surface area contributed by atoms with Crippen molar-refractivity contribution < 1.29 is 4.39 Å². The average molecular weight is 353 g/mol. The van der Waals surface area contributed by atoms with Gasteiger partial charge in [0.05, 0.1) is 12.1 Å². The molecule has 1 N–H and O–H groups in total. The Morgan fingerprint density at radius 3 is 2.96 bits per heavy atom. The highest BCUT2D eigenvalue weighted by Gasteiger charge is 2.33. The van der Waals surface area contributed by atoms with E-state index in [1.807, 2.05) is 24.5 Å². The zero-order chi connectivity index (χ0) is 18.1. The van der Waals surface area contributed by atoms with Crippen LogP contribution in [0.3, 0.4) is 0 Å². The molecule has 0 spiro atoms. The number of imidazole rings is 1. The van der Waals surface area contributed by atoms with Crippen LogP contribution in [0.25, 0.3) is 11.0 Å². The number of H-pyrrole nitrogens is 1. The number of para-hydroxylation sites is 1. The predicted molar refractivity (Wildman–Crippen MR) is 100 cm³/mol. The van der Waals surface area contributed by atoms with Crippen molar-refractivity contribution in [3.8, 4) is 0 Å². The summed E-state index contributed by atoms with van der Waals surface area (Å²) in [4.78, 5) is 16.6. The van der Waals surface area contributed by atoms with Crippen LogP contribution in [0, 0.1) is 11.7 Å². The van der Waals surface area contributed by atoms with Crippen LogP contribution in [0.2, 0.25) is 0 Å². The molecular weight excluding hydrogens is 329 g/mol. The predicted octanol–water partition coefficient (Wildman–Crippen LogP) is 3.22. The molecule has 3 aromatic rings. The third kappa shape index (κ3) is 3.34. The fourth-order valence-electron chi connectivity index (χ4n) is 4.14. The van der Waals surface area contributed by atoms with Gasteiger partial charge in [0, 0.05) is 25.0 Å². The van der Waals surface area contributed by atoms with E-state index >= 15 is 0 Å². The second-order valence-electron chi connectivity index (χ2n) is 7.28. The van der Waals surface area contributed by atoms with E-state index in [0.717, 1.165) is 30.9 Å². The maximum atomic E-state index is 13.8. The Hall–Kier alpha value is -2.31. The number of benzene rings is 1. The van der Waals surface area contributed by atoms with Gasteiger partial charge in [-0.05, 0) is 56.7 Å². The highest BCUT2D eigenvalue weighted by Crippen LogP contribution is 2.36. The fourth-order valence-corrected chi connectivity index (χ4v) is 4.14. The van der Waals surface area contributed by atoms with Crippen molar-refractivity contribution in [2.45, 2.75) is 19.0 Å². The van der Waals surface area contributed by atoms with Crippen molar-refractivity contribution in [2.75, 3.05) is 27.2 Å². The van der Waals surface area contributed by atoms with Gasteiger partial charge in [-0.1, -0.05) is 12.1 Å². The van der Waals surface area contributed by atoms with E-state index < -0.39 is 0 Å². The molecule has 5 nitrogen and oxygen atoms in total. The molecule has 1 aliphatic rings. The topological polar surface area (TPSA) is 48.1 Å². The molecule has 4 rings (SSSR count). The first kappa shape index (κ1) is 17.1. The summed E-state index contributed by atoms with van der Waals surface area (Å²) in [5.74, 6) is 1.06. The summed E-state index contributed by atoms with van der Waals surface area (Å²) in [5, 5.41) is 0. The maximum absolute atomic E-state index is 13.8. The number of hydrogen-bond donors (Lipinski definition) is 1. The van der Waals surface area contributed by atoms with Gasteiger partial charge < -0.3 is 4.98 Å². The van der Waals surface area contributed by atoms with Crippen molar-refractivity contribution in [1.82, 2.24) is 24.8 Å². The van der Waals surface area contributed by atoms with Gasteiger partial charge in [0.25, 0.3) is 0 Å². The Balaban J connectivity index is 1.46. The minimum absolute atomic E-state index is 0.276. The number of aromatic nitrogens is 3. The number of aromatic amines is 1. The SMILES string of the molecule is CN(Cc1nc2c(F)cccc2[nH]1)C[C@@H]1CCN(C)[C@H]1c1cccnc1. The van der Waals surface area contributed by atoms with Crippen molar-refractivity contribution in [3.63, 3.8) is 0 Å². The lowest BCUT2D eigenvalue weighted by atomic mass is 9.94. The summed E-state index contributed by atoms with van der Waals surface area (Å²) < 4.78 is 13.8. The zero-order valence-electron chi connectivity index (χ0n) is 15.2. The minimum Gasteiger partial charge on any atom is -0.341 e. The summed E-state index contributed by atoms with van der Waals surface area (Å²) >= 11 is 0. The number of nitrogens with zero attached hydrogens (tertiary/aromatic N) is 4. The van der Waals surface area contributed by atoms with E-state index in [2.05, 4.69) is 44.9 Å².